The van der Waals surface area contributed by atoms with E-state index < -0.39 is 0 Å². The van der Waals surface area contributed by atoms with Crippen LogP contribution in [0.15, 0.2) is 46.3 Å². The summed E-state index contributed by atoms with van der Waals surface area (Å²) in [6.45, 7) is 5.16. The molecule has 158 valence electrons. The number of fused-ring (bicyclic) bond motifs is 4. The maximum atomic E-state index is 13.2. The van der Waals surface area contributed by atoms with Gasteiger partial charge < -0.3 is 9.47 Å². The molecule has 0 spiro atoms. The fourth-order valence-corrected chi connectivity index (χ4v) is 5.92. The molecule has 3 aliphatic rings. The standard InChI is InChI=1S/C23H28N4O2S/c28-22(16-30-21-5-1-2-8-24-21)26-12-17-11-19(15-26)20-7-6-18(23(29)27(20)13-17)14-25-9-3-4-10-25/h1-2,5-8,17,19H,3-4,9-16H2/t17-,19+/m0/s1. The maximum absolute atomic E-state index is 13.2. The predicted molar refractivity (Wildman–Crippen MR) is 118 cm³/mol. The van der Waals surface area contributed by atoms with Gasteiger partial charge in [-0.15, -0.1) is 0 Å². The summed E-state index contributed by atoms with van der Waals surface area (Å²) < 4.78 is 2.01. The highest BCUT2D eigenvalue weighted by atomic mass is 32.2. The quantitative estimate of drug-likeness (QED) is 0.691. The van der Waals surface area contributed by atoms with E-state index in [0.717, 1.165) is 55.4 Å². The van der Waals surface area contributed by atoms with Crippen LogP contribution < -0.4 is 5.56 Å². The number of aromatic nitrogens is 2. The van der Waals surface area contributed by atoms with E-state index >= 15 is 0 Å². The van der Waals surface area contributed by atoms with Crippen molar-refractivity contribution in [1.82, 2.24) is 19.4 Å². The largest absolute Gasteiger partial charge is 0.341 e. The van der Waals surface area contributed by atoms with E-state index in [4.69, 9.17) is 0 Å². The molecule has 2 aromatic rings. The zero-order valence-electron chi connectivity index (χ0n) is 17.2. The molecule has 0 saturated carbocycles. The SMILES string of the molecule is O=C(CSc1ccccn1)N1C[C@@H]2C[C@H](C1)c1ccc(CN3CCCC3)c(=O)n1C2. The van der Waals surface area contributed by atoms with E-state index in [2.05, 4.69) is 16.0 Å². The average molecular weight is 425 g/mol. The van der Waals surface area contributed by atoms with Crippen LogP contribution in [0.3, 0.4) is 0 Å². The molecule has 1 amide bonds. The van der Waals surface area contributed by atoms with Crippen molar-refractivity contribution < 1.29 is 4.79 Å². The zero-order valence-corrected chi connectivity index (χ0v) is 18.0. The van der Waals surface area contributed by atoms with Gasteiger partial charge >= 0.3 is 0 Å². The van der Waals surface area contributed by atoms with Gasteiger partial charge in [0.05, 0.1) is 10.8 Å². The maximum Gasteiger partial charge on any atom is 0.255 e. The van der Waals surface area contributed by atoms with Gasteiger partial charge in [-0.05, 0) is 56.5 Å². The molecule has 7 heteroatoms. The number of hydrogen-bond donors (Lipinski definition) is 0. The van der Waals surface area contributed by atoms with E-state index in [9.17, 15) is 9.59 Å². The molecule has 30 heavy (non-hydrogen) atoms. The molecule has 6 nitrogen and oxygen atoms in total. The van der Waals surface area contributed by atoms with Crippen LogP contribution in [0.4, 0.5) is 0 Å². The first-order valence-corrected chi connectivity index (χ1v) is 11.9. The molecular formula is C23H28N4O2S. The van der Waals surface area contributed by atoms with E-state index in [1.54, 1.807) is 6.20 Å². The summed E-state index contributed by atoms with van der Waals surface area (Å²) in [5, 5.41) is 0.880. The van der Waals surface area contributed by atoms with Crippen LogP contribution in [-0.2, 0) is 17.9 Å². The first-order valence-electron chi connectivity index (χ1n) is 10.9. The van der Waals surface area contributed by atoms with Gasteiger partial charge in [-0.25, -0.2) is 4.98 Å². The van der Waals surface area contributed by atoms with E-state index in [1.165, 1.54) is 24.6 Å². The Morgan fingerprint density at radius 1 is 1.10 bits per heavy atom. The first kappa shape index (κ1) is 19.8. The van der Waals surface area contributed by atoms with Crippen LogP contribution in [0.5, 0.6) is 0 Å². The number of hydrogen-bond acceptors (Lipinski definition) is 5. The molecule has 0 aliphatic carbocycles. The van der Waals surface area contributed by atoms with Crippen molar-refractivity contribution >= 4 is 17.7 Å². The number of carbonyl (C=O) groups excluding carboxylic acids is 1. The lowest BCUT2D eigenvalue weighted by Crippen LogP contribution is -2.50. The van der Waals surface area contributed by atoms with Crippen LogP contribution in [0, 0.1) is 5.92 Å². The number of rotatable bonds is 5. The van der Waals surface area contributed by atoms with Gasteiger partial charge in [-0.2, -0.15) is 0 Å². The fourth-order valence-electron chi connectivity index (χ4n) is 5.16. The minimum Gasteiger partial charge on any atom is -0.341 e. The first-order chi connectivity index (χ1) is 14.7. The summed E-state index contributed by atoms with van der Waals surface area (Å²) in [4.78, 5) is 34.7. The zero-order chi connectivity index (χ0) is 20.5. The highest BCUT2D eigenvalue weighted by Gasteiger charge is 2.36. The molecular weight excluding hydrogens is 396 g/mol. The van der Waals surface area contributed by atoms with Crippen LogP contribution in [-0.4, -0.2) is 57.2 Å². The van der Waals surface area contributed by atoms with Crippen molar-refractivity contribution in [3.8, 4) is 0 Å². The lowest BCUT2D eigenvalue weighted by Gasteiger charge is -2.43. The normalized spacial score (nSPS) is 23.4. The van der Waals surface area contributed by atoms with Crippen molar-refractivity contribution in [2.75, 3.05) is 31.9 Å². The van der Waals surface area contributed by atoms with Crippen molar-refractivity contribution in [3.05, 3.63) is 58.1 Å². The number of carbonyl (C=O) groups is 1. The second kappa shape index (κ2) is 8.55. The molecule has 5 heterocycles. The van der Waals surface area contributed by atoms with Crippen LogP contribution in [0.25, 0.3) is 0 Å². The Morgan fingerprint density at radius 3 is 2.77 bits per heavy atom. The molecule has 2 fully saturated rings. The molecule has 2 bridgehead atoms. The predicted octanol–water partition coefficient (Wildman–Crippen LogP) is 2.58. The summed E-state index contributed by atoms with van der Waals surface area (Å²) in [5.41, 5.74) is 2.20. The topological polar surface area (TPSA) is 58.4 Å². The van der Waals surface area contributed by atoms with E-state index in [-0.39, 0.29) is 17.4 Å². The number of likely N-dealkylation sites (tertiary alicyclic amines) is 2. The van der Waals surface area contributed by atoms with Gasteiger partial charge in [-0.3, -0.25) is 14.5 Å². The van der Waals surface area contributed by atoms with Gasteiger partial charge in [0.1, 0.15) is 0 Å². The van der Waals surface area contributed by atoms with Crippen molar-refractivity contribution in [3.63, 3.8) is 0 Å². The summed E-state index contributed by atoms with van der Waals surface area (Å²) in [5.74, 6) is 1.20. The van der Waals surface area contributed by atoms with Gasteiger partial charge in [0.15, 0.2) is 0 Å². The van der Waals surface area contributed by atoms with Gasteiger partial charge in [0.25, 0.3) is 5.56 Å². The Bertz CT molecular complexity index is 971. The Kier molecular flexibility index (Phi) is 5.65. The molecule has 0 unspecified atom stereocenters. The summed E-state index contributed by atoms with van der Waals surface area (Å²) in [6, 6.07) is 9.94. The third kappa shape index (κ3) is 4.05. The number of piperidine rings is 1. The Labute approximate surface area is 181 Å². The van der Waals surface area contributed by atoms with Crippen LogP contribution in [0.1, 0.15) is 36.4 Å². The highest BCUT2D eigenvalue weighted by molar-refractivity contribution is 7.99. The molecule has 0 N–H and O–H groups in total. The molecule has 0 radical (unpaired) electrons. The van der Waals surface area contributed by atoms with Gasteiger partial charge in [-0.1, -0.05) is 23.9 Å². The smallest absolute Gasteiger partial charge is 0.255 e. The highest BCUT2D eigenvalue weighted by Crippen LogP contribution is 2.35. The lowest BCUT2D eigenvalue weighted by atomic mass is 9.83. The van der Waals surface area contributed by atoms with Crippen molar-refractivity contribution in [2.24, 2.45) is 5.92 Å². The molecule has 2 aromatic heterocycles. The second-order valence-electron chi connectivity index (χ2n) is 8.74. The third-order valence-corrected chi connectivity index (χ3v) is 7.54. The van der Waals surface area contributed by atoms with Crippen molar-refractivity contribution in [2.45, 2.75) is 43.3 Å². The minimum atomic E-state index is 0.168. The molecule has 0 aromatic carbocycles. The van der Waals surface area contributed by atoms with E-state index in [1.807, 2.05) is 33.7 Å². The number of nitrogens with zero attached hydrogens (tertiary/aromatic N) is 4. The average Bonchev–Trinajstić information content (AvgIpc) is 3.28. The lowest BCUT2D eigenvalue weighted by molar-refractivity contribution is -0.131. The molecule has 2 saturated heterocycles. The van der Waals surface area contributed by atoms with Crippen LogP contribution in [0.2, 0.25) is 0 Å². The molecule has 3 aliphatic heterocycles. The second-order valence-corrected chi connectivity index (χ2v) is 9.73. The van der Waals surface area contributed by atoms with E-state index in [0.29, 0.717) is 18.2 Å². The third-order valence-electron chi connectivity index (χ3n) is 6.61. The van der Waals surface area contributed by atoms with Crippen LogP contribution >= 0.6 is 11.8 Å². The fraction of sp³-hybridized carbons (Fsp3) is 0.522. The van der Waals surface area contributed by atoms with Gasteiger partial charge in [0, 0.05) is 49.6 Å². The Morgan fingerprint density at radius 2 is 1.97 bits per heavy atom. The van der Waals surface area contributed by atoms with Crippen molar-refractivity contribution in [1.29, 1.82) is 0 Å². The summed E-state index contributed by atoms with van der Waals surface area (Å²) in [6.07, 6.45) is 5.30. The summed E-state index contributed by atoms with van der Waals surface area (Å²) >= 11 is 1.49. The summed E-state index contributed by atoms with van der Waals surface area (Å²) in [7, 11) is 0. The van der Waals surface area contributed by atoms with Gasteiger partial charge in [0.2, 0.25) is 5.91 Å². The minimum absolute atomic E-state index is 0.168. The monoisotopic (exact) mass is 424 g/mol. The number of thioether (sulfide) groups is 1. The Balaban J connectivity index is 1.28. The molecule has 2 atom stereocenters. The number of pyridine rings is 2. The Hall–Kier alpha value is -2.12. The number of amides is 1. The molecule has 5 rings (SSSR count).